The molecule has 1 atom stereocenters. The van der Waals surface area contributed by atoms with Gasteiger partial charge >= 0.3 is 0 Å². The highest BCUT2D eigenvalue weighted by Crippen LogP contribution is 2.29. The molecule has 5 nitrogen and oxygen atoms in total. The van der Waals surface area contributed by atoms with Crippen LogP contribution in [-0.4, -0.2) is 57.1 Å². The van der Waals surface area contributed by atoms with Gasteiger partial charge in [-0.1, -0.05) is 41.4 Å². The molecule has 1 aliphatic heterocycles. The maximum absolute atomic E-state index is 11.5. The summed E-state index contributed by atoms with van der Waals surface area (Å²) in [4.78, 5) is 16.4. The highest BCUT2D eigenvalue weighted by Gasteiger charge is 2.21. The molecule has 2 N–H and O–H groups in total. The fourth-order valence-electron chi connectivity index (χ4n) is 3.99. The number of hydrogen-bond donors (Lipinski definition) is 2. The van der Waals surface area contributed by atoms with Gasteiger partial charge in [-0.25, -0.2) is 0 Å². The molecule has 1 fully saturated rings. The van der Waals surface area contributed by atoms with Crippen LogP contribution in [0.1, 0.15) is 24.8 Å². The van der Waals surface area contributed by atoms with Crippen molar-refractivity contribution in [1.82, 2.24) is 10.2 Å². The van der Waals surface area contributed by atoms with Crippen molar-refractivity contribution >= 4 is 40.5 Å². The fraction of sp³-hybridized carbons (Fsp3) is 0.435. The molecule has 2 aromatic rings. The van der Waals surface area contributed by atoms with Crippen molar-refractivity contribution in [3.8, 4) is 0 Å². The molecule has 3 rings (SSSR count). The van der Waals surface area contributed by atoms with Crippen LogP contribution in [-0.2, 0) is 4.79 Å². The maximum atomic E-state index is 11.5. The predicted molar refractivity (Wildman–Crippen MR) is 127 cm³/mol. The highest BCUT2D eigenvalue weighted by molar-refractivity contribution is 6.42. The lowest BCUT2D eigenvalue weighted by molar-refractivity contribution is -0.114. The molecule has 162 valence electrons. The molecule has 1 amide bonds. The Hall–Kier alpha value is -1.79. The summed E-state index contributed by atoms with van der Waals surface area (Å²) in [6.07, 6.45) is 1.06. The van der Waals surface area contributed by atoms with E-state index in [2.05, 4.69) is 32.6 Å². The van der Waals surface area contributed by atoms with E-state index in [1.165, 1.54) is 5.56 Å². The quantitative estimate of drug-likeness (QED) is 0.625. The molecule has 0 unspecified atom stereocenters. The maximum Gasteiger partial charge on any atom is 0.221 e. The Morgan fingerprint density at radius 1 is 1.07 bits per heavy atom. The van der Waals surface area contributed by atoms with Crippen molar-refractivity contribution in [2.75, 3.05) is 56.5 Å². The minimum atomic E-state index is -0.0426. The van der Waals surface area contributed by atoms with E-state index in [1.54, 1.807) is 6.92 Å². The second kappa shape index (κ2) is 11.0. The van der Waals surface area contributed by atoms with Gasteiger partial charge < -0.3 is 15.5 Å². The molecular weight excluding hydrogens is 419 g/mol. The van der Waals surface area contributed by atoms with Crippen LogP contribution in [0.25, 0.3) is 0 Å². The second-order valence-corrected chi connectivity index (χ2v) is 8.56. The number of para-hydroxylation sites is 2. The zero-order valence-electron chi connectivity index (χ0n) is 17.6. The van der Waals surface area contributed by atoms with Gasteiger partial charge in [0.25, 0.3) is 0 Å². The molecule has 1 aliphatic rings. The molecule has 0 bridgehead atoms. The molecule has 0 spiro atoms. The Labute approximate surface area is 189 Å². The smallest absolute Gasteiger partial charge is 0.221 e. The van der Waals surface area contributed by atoms with Crippen LogP contribution < -0.4 is 15.5 Å². The van der Waals surface area contributed by atoms with E-state index in [9.17, 15) is 4.79 Å². The molecule has 0 saturated carbocycles. The monoisotopic (exact) mass is 448 g/mol. The summed E-state index contributed by atoms with van der Waals surface area (Å²) in [7, 11) is 1.98. The van der Waals surface area contributed by atoms with Gasteiger partial charge in [-0.3, -0.25) is 9.69 Å². The zero-order chi connectivity index (χ0) is 21.5. The van der Waals surface area contributed by atoms with E-state index in [1.807, 2.05) is 37.4 Å². The number of piperazine rings is 1. The number of amides is 1. The predicted octanol–water partition coefficient (Wildman–Crippen LogP) is 4.47. The first-order valence-electron chi connectivity index (χ1n) is 10.4. The van der Waals surface area contributed by atoms with Crippen molar-refractivity contribution < 1.29 is 4.79 Å². The third kappa shape index (κ3) is 6.11. The zero-order valence-corrected chi connectivity index (χ0v) is 19.1. The highest BCUT2D eigenvalue weighted by atomic mass is 35.5. The molecule has 0 aliphatic carbocycles. The largest absolute Gasteiger partial charge is 0.367 e. The standard InChI is InChI=1S/C23H30Cl2N4O/c1-17(30)27-22-5-3-4-6-23(22)29-13-11-28(12-14-29)10-9-19(16-26-2)18-7-8-20(24)21(25)15-18/h3-8,15,19,26H,9-14,16H2,1-2H3,(H,27,30)/t19-/m1/s1. The summed E-state index contributed by atoms with van der Waals surface area (Å²) < 4.78 is 0. The minimum absolute atomic E-state index is 0.0426. The summed E-state index contributed by atoms with van der Waals surface area (Å²) >= 11 is 12.3. The van der Waals surface area contributed by atoms with Crippen molar-refractivity contribution in [2.45, 2.75) is 19.3 Å². The van der Waals surface area contributed by atoms with Crippen molar-refractivity contribution in [3.63, 3.8) is 0 Å². The first-order chi connectivity index (χ1) is 14.5. The third-order valence-electron chi connectivity index (χ3n) is 5.59. The lowest BCUT2D eigenvalue weighted by atomic mass is 9.95. The van der Waals surface area contributed by atoms with E-state index in [-0.39, 0.29) is 5.91 Å². The number of carbonyl (C=O) groups is 1. The number of rotatable bonds is 8. The van der Waals surface area contributed by atoms with Crippen molar-refractivity contribution in [3.05, 3.63) is 58.1 Å². The van der Waals surface area contributed by atoms with Gasteiger partial charge in [0, 0.05) is 39.6 Å². The first kappa shape index (κ1) is 22.9. The van der Waals surface area contributed by atoms with Gasteiger partial charge in [0.2, 0.25) is 5.91 Å². The third-order valence-corrected chi connectivity index (χ3v) is 6.33. The minimum Gasteiger partial charge on any atom is -0.367 e. The Balaban J connectivity index is 1.56. The van der Waals surface area contributed by atoms with Crippen LogP contribution in [0.3, 0.4) is 0 Å². The van der Waals surface area contributed by atoms with Crippen LogP contribution in [0.15, 0.2) is 42.5 Å². The number of nitrogens with zero attached hydrogens (tertiary/aromatic N) is 2. The van der Waals surface area contributed by atoms with Crippen LogP contribution in [0.5, 0.6) is 0 Å². The average Bonchev–Trinajstić information content (AvgIpc) is 2.74. The number of halogens is 2. The van der Waals surface area contributed by atoms with Crippen LogP contribution in [0, 0.1) is 0 Å². The molecule has 1 saturated heterocycles. The number of carbonyl (C=O) groups excluding carboxylic acids is 1. The van der Waals surface area contributed by atoms with Crippen LogP contribution in [0.4, 0.5) is 11.4 Å². The fourth-order valence-corrected chi connectivity index (χ4v) is 4.30. The van der Waals surface area contributed by atoms with E-state index < -0.39 is 0 Å². The normalized spacial score (nSPS) is 15.8. The molecule has 1 heterocycles. The number of anilines is 2. The van der Waals surface area contributed by atoms with Crippen LogP contribution >= 0.6 is 23.2 Å². The van der Waals surface area contributed by atoms with E-state index in [4.69, 9.17) is 23.2 Å². The Bertz CT molecular complexity index is 853. The molecule has 0 aromatic heterocycles. The summed E-state index contributed by atoms with van der Waals surface area (Å²) in [5.41, 5.74) is 3.20. The first-order valence-corrected chi connectivity index (χ1v) is 11.2. The van der Waals surface area contributed by atoms with Gasteiger partial charge in [0.05, 0.1) is 21.4 Å². The van der Waals surface area contributed by atoms with E-state index in [0.717, 1.165) is 57.1 Å². The van der Waals surface area contributed by atoms with Gasteiger partial charge in [-0.2, -0.15) is 0 Å². The molecule has 30 heavy (non-hydrogen) atoms. The number of likely N-dealkylation sites (N-methyl/N-ethyl adjacent to an activating group) is 1. The summed E-state index contributed by atoms with van der Waals surface area (Å²) in [5.74, 6) is 0.349. The van der Waals surface area contributed by atoms with Gasteiger partial charge in [-0.15, -0.1) is 0 Å². The number of hydrogen-bond acceptors (Lipinski definition) is 4. The molecule has 7 heteroatoms. The number of nitrogens with one attached hydrogen (secondary N) is 2. The summed E-state index contributed by atoms with van der Waals surface area (Å²) in [6, 6.07) is 14.0. The van der Waals surface area contributed by atoms with Crippen molar-refractivity contribution in [2.24, 2.45) is 0 Å². The lowest BCUT2D eigenvalue weighted by Gasteiger charge is -2.37. The average molecular weight is 449 g/mol. The summed E-state index contributed by atoms with van der Waals surface area (Å²) in [5, 5.41) is 7.45. The Kier molecular flexibility index (Phi) is 8.40. The van der Waals surface area contributed by atoms with Crippen molar-refractivity contribution in [1.29, 1.82) is 0 Å². The van der Waals surface area contributed by atoms with Gasteiger partial charge in [0.1, 0.15) is 0 Å². The molecule has 2 aromatic carbocycles. The summed E-state index contributed by atoms with van der Waals surface area (Å²) in [6.45, 7) is 7.38. The Morgan fingerprint density at radius 2 is 1.80 bits per heavy atom. The topological polar surface area (TPSA) is 47.6 Å². The second-order valence-electron chi connectivity index (χ2n) is 7.74. The lowest BCUT2D eigenvalue weighted by Crippen LogP contribution is -2.47. The molecule has 0 radical (unpaired) electrons. The number of benzene rings is 2. The molecular formula is C23H30Cl2N4O. The SMILES string of the molecule is CNC[C@@H](CCN1CCN(c2ccccc2NC(C)=O)CC1)c1ccc(Cl)c(Cl)c1. The van der Waals surface area contributed by atoms with E-state index >= 15 is 0 Å². The van der Waals surface area contributed by atoms with Crippen LogP contribution in [0.2, 0.25) is 10.0 Å². The van der Waals surface area contributed by atoms with Gasteiger partial charge in [0.15, 0.2) is 0 Å². The van der Waals surface area contributed by atoms with Gasteiger partial charge in [-0.05, 0) is 55.8 Å². The van der Waals surface area contributed by atoms with E-state index in [0.29, 0.717) is 16.0 Å². The Morgan fingerprint density at radius 3 is 2.47 bits per heavy atom.